The molecule has 0 aliphatic heterocycles. The van der Waals surface area contributed by atoms with Gasteiger partial charge in [0.05, 0.1) is 33.1 Å². The van der Waals surface area contributed by atoms with Gasteiger partial charge in [-0.2, -0.15) is 5.10 Å². The molecule has 180 valence electrons. The van der Waals surface area contributed by atoms with E-state index in [4.69, 9.17) is 18.9 Å². The maximum absolute atomic E-state index is 12.5. The van der Waals surface area contributed by atoms with E-state index in [1.54, 1.807) is 57.5 Å². The third-order valence-corrected chi connectivity index (χ3v) is 4.97. The van der Waals surface area contributed by atoms with E-state index in [1.807, 2.05) is 19.1 Å². The standard InChI is InChI=1S/C25H29N3O6/c1-5-33-19-7-6-8-20(16-19)34-17(2)25(30)26-13-14-28-24(29)12-10-21(27-28)18-9-11-22(31-3)23(15-18)32-4/h6-12,15-17H,5,13-14H2,1-4H3,(H,26,30). The van der Waals surface area contributed by atoms with Crippen molar-refractivity contribution in [3.05, 3.63) is 65.0 Å². The second-order valence-corrected chi connectivity index (χ2v) is 7.31. The van der Waals surface area contributed by atoms with Crippen molar-refractivity contribution in [3.63, 3.8) is 0 Å². The number of ether oxygens (including phenoxy) is 4. The minimum absolute atomic E-state index is 0.207. The monoisotopic (exact) mass is 467 g/mol. The average molecular weight is 468 g/mol. The fourth-order valence-corrected chi connectivity index (χ4v) is 3.25. The van der Waals surface area contributed by atoms with Crippen LogP contribution in [0, 0.1) is 0 Å². The molecule has 1 atom stereocenters. The quantitative estimate of drug-likeness (QED) is 0.463. The number of benzene rings is 2. The normalized spacial score (nSPS) is 11.4. The molecule has 9 heteroatoms. The number of nitrogens with one attached hydrogen (secondary N) is 1. The van der Waals surface area contributed by atoms with E-state index in [9.17, 15) is 9.59 Å². The lowest BCUT2D eigenvalue weighted by Crippen LogP contribution is -2.39. The molecule has 34 heavy (non-hydrogen) atoms. The number of hydrogen-bond donors (Lipinski definition) is 1. The van der Waals surface area contributed by atoms with Gasteiger partial charge in [-0.3, -0.25) is 9.59 Å². The Bertz CT molecular complexity index is 1180. The van der Waals surface area contributed by atoms with Crippen LogP contribution in [-0.2, 0) is 11.3 Å². The van der Waals surface area contributed by atoms with Crippen LogP contribution in [0.1, 0.15) is 13.8 Å². The Morgan fingerprint density at radius 1 is 1.03 bits per heavy atom. The van der Waals surface area contributed by atoms with Crippen molar-refractivity contribution in [2.75, 3.05) is 27.4 Å². The minimum atomic E-state index is -0.723. The van der Waals surface area contributed by atoms with Gasteiger partial charge in [0.1, 0.15) is 11.5 Å². The number of carbonyl (C=O) groups excluding carboxylic acids is 1. The molecular weight excluding hydrogens is 438 g/mol. The molecule has 1 amide bonds. The van der Waals surface area contributed by atoms with Crippen molar-refractivity contribution in [2.45, 2.75) is 26.5 Å². The number of nitrogens with zero attached hydrogens (tertiary/aromatic N) is 2. The number of rotatable bonds is 11. The Morgan fingerprint density at radius 2 is 1.79 bits per heavy atom. The molecule has 0 aliphatic carbocycles. The number of hydrogen-bond acceptors (Lipinski definition) is 7. The zero-order valence-electron chi connectivity index (χ0n) is 19.7. The van der Waals surface area contributed by atoms with Gasteiger partial charge in [0.2, 0.25) is 0 Å². The third kappa shape index (κ3) is 6.28. The van der Waals surface area contributed by atoms with Gasteiger partial charge in [-0.25, -0.2) is 4.68 Å². The molecule has 2 aromatic carbocycles. The molecule has 1 aromatic heterocycles. The number of aromatic nitrogens is 2. The SMILES string of the molecule is CCOc1cccc(OC(C)C(=O)NCCn2nc(-c3ccc(OC)c(OC)c3)ccc2=O)c1. The van der Waals surface area contributed by atoms with E-state index in [-0.39, 0.29) is 24.6 Å². The highest BCUT2D eigenvalue weighted by molar-refractivity contribution is 5.80. The van der Waals surface area contributed by atoms with Gasteiger partial charge in [0.25, 0.3) is 11.5 Å². The van der Waals surface area contributed by atoms with Crippen molar-refractivity contribution in [1.29, 1.82) is 0 Å². The Hall–Kier alpha value is -4.01. The maximum atomic E-state index is 12.5. The zero-order valence-corrected chi connectivity index (χ0v) is 19.7. The summed E-state index contributed by atoms with van der Waals surface area (Å²) < 4.78 is 23.1. The lowest BCUT2D eigenvalue weighted by atomic mass is 10.1. The van der Waals surface area contributed by atoms with Gasteiger partial charge in [-0.05, 0) is 50.2 Å². The van der Waals surface area contributed by atoms with Crippen LogP contribution in [0.5, 0.6) is 23.0 Å². The van der Waals surface area contributed by atoms with Crippen molar-refractivity contribution < 1.29 is 23.7 Å². The van der Waals surface area contributed by atoms with E-state index in [0.717, 1.165) is 5.56 Å². The van der Waals surface area contributed by atoms with Gasteiger partial charge in [-0.1, -0.05) is 6.07 Å². The number of amides is 1. The van der Waals surface area contributed by atoms with Gasteiger partial charge in [0.15, 0.2) is 17.6 Å². The summed E-state index contributed by atoms with van der Waals surface area (Å²) >= 11 is 0. The minimum Gasteiger partial charge on any atom is -0.494 e. The van der Waals surface area contributed by atoms with Crippen molar-refractivity contribution >= 4 is 5.91 Å². The highest BCUT2D eigenvalue weighted by Crippen LogP contribution is 2.31. The molecule has 1 N–H and O–H groups in total. The molecule has 0 radical (unpaired) electrons. The Labute approximate surface area is 198 Å². The molecular formula is C25H29N3O6. The van der Waals surface area contributed by atoms with Crippen LogP contribution in [0.4, 0.5) is 0 Å². The van der Waals surface area contributed by atoms with E-state index in [2.05, 4.69) is 10.4 Å². The molecule has 0 fully saturated rings. The zero-order chi connectivity index (χ0) is 24.5. The fourth-order valence-electron chi connectivity index (χ4n) is 3.25. The van der Waals surface area contributed by atoms with E-state index in [1.165, 1.54) is 10.7 Å². The predicted octanol–water partition coefficient (Wildman–Crippen LogP) is 2.91. The Morgan fingerprint density at radius 3 is 2.53 bits per heavy atom. The van der Waals surface area contributed by atoms with Crippen LogP contribution >= 0.6 is 0 Å². The first kappa shape index (κ1) is 24.6. The van der Waals surface area contributed by atoms with E-state index >= 15 is 0 Å². The number of carbonyl (C=O) groups is 1. The van der Waals surface area contributed by atoms with Crippen LogP contribution in [0.3, 0.4) is 0 Å². The van der Waals surface area contributed by atoms with Crippen LogP contribution in [0.2, 0.25) is 0 Å². The first-order valence-electron chi connectivity index (χ1n) is 10.9. The van der Waals surface area contributed by atoms with Crippen LogP contribution in [0.25, 0.3) is 11.3 Å². The summed E-state index contributed by atoms with van der Waals surface area (Å²) in [5.74, 6) is 2.07. The Balaban J connectivity index is 1.61. The summed E-state index contributed by atoms with van der Waals surface area (Å²) in [7, 11) is 3.12. The summed E-state index contributed by atoms with van der Waals surface area (Å²) in [5.41, 5.74) is 1.10. The summed E-state index contributed by atoms with van der Waals surface area (Å²) in [6, 6.07) is 15.6. The summed E-state index contributed by atoms with van der Waals surface area (Å²) in [6.45, 7) is 4.52. The molecule has 9 nitrogen and oxygen atoms in total. The maximum Gasteiger partial charge on any atom is 0.266 e. The van der Waals surface area contributed by atoms with Gasteiger partial charge in [-0.15, -0.1) is 0 Å². The van der Waals surface area contributed by atoms with Crippen molar-refractivity contribution in [3.8, 4) is 34.3 Å². The summed E-state index contributed by atoms with van der Waals surface area (Å²) in [6.07, 6.45) is -0.723. The first-order valence-corrected chi connectivity index (χ1v) is 10.9. The molecule has 0 saturated carbocycles. The number of methoxy groups -OCH3 is 2. The molecule has 0 aliphatic rings. The molecule has 3 aromatic rings. The summed E-state index contributed by atoms with van der Waals surface area (Å²) in [4.78, 5) is 24.7. The molecule has 3 rings (SSSR count). The highest BCUT2D eigenvalue weighted by atomic mass is 16.5. The van der Waals surface area contributed by atoms with Gasteiger partial charge < -0.3 is 24.3 Å². The molecule has 0 spiro atoms. The van der Waals surface area contributed by atoms with E-state index < -0.39 is 6.10 Å². The molecule has 1 heterocycles. The first-order chi connectivity index (χ1) is 16.4. The fraction of sp³-hybridized carbons (Fsp3) is 0.320. The topological polar surface area (TPSA) is 101 Å². The van der Waals surface area contributed by atoms with Crippen LogP contribution in [-0.4, -0.2) is 49.2 Å². The van der Waals surface area contributed by atoms with Crippen LogP contribution < -0.4 is 29.8 Å². The lowest BCUT2D eigenvalue weighted by Gasteiger charge is -2.16. The largest absolute Gasteiger partial charge is 0.494 e. The predicted molar refractivity (Wildman–Crippen MR) is 128 cm³/mol. The van der Waals surface area contributed by atoms with Crippen molar-refractivity contribution in [1.82, 2.24) is 15.1 Å². The van der Waals surface area contributed by atoms with Crippen molar-refractivity contribution in [2.24, 2.45) is 0 Å². The third-order valence-electron chi connectivity index (χ3n) is 4.97. The van der Waals surface area contributed by atoms with Gasteiger partial charge >= 0.3 is 0 Å². The highest BCUT2D eigenvalue weighted by Gasteiger charge is 2.15. The summed E-state index contributed by atoms with van der Waals surface area (Å²) in [5, 5.41) is 7.20. The Kier molecular flexibility index (Phi) is 8.50. The van der Waals surface area contributed by atoms with Crippen LogP contribution in [0.15, 0.2) is 59.4 Å². The molecule has 0 saturated heterocycles. The second-order valence-electron chi connectivity index (χ2n) is 7.31. The average Bonchev–Trinajstić information content (AvgIpc) is 2.85. The molecule has 1 unspecified atom stereocenters. The molecule has 0 bridgehead atoms. The lowest BCUT2D eigenvalue weighted by molar-refractivity contribution is -0.127. The van der Waals surface area contributed by atoms with E-state index in [0.29, 0.717) is 35.3 Å². The van der Waals surface area contributed by atoms with Gasteiger partial charge in [0, 0.05) is 24.2 Å². The smallest absolute Gasteiger partial charge is 0.266 e. The second kappa shape index (κ2) is 11.7.